The Kier molecular flexibility index (Phi) is 67.1. The van der Waals surface area contributed by atoms with Gasteiger partial charge < -0.3 is 14.2 Å². The zero-order chi connectivity index (χ0) is 58.5. The van der Waals surface area contributed by atoms with E-state index >= 15 is 0 Å². The molecule has 0 aromatic rings. The van der Waals surface area contributed by atoms with Crippen LogP contribution in [0.3, 0.4) is 0 Å². The Morgan fingerprint density at radius 3 is 0.728 bits per heavy atom. The van der Waals surface area contributed by atoms with E-state index in [-0.39, 0.29) is 31.1 Å². The lowest BCUT2D eigenvalue weighted by Crippen LogP contribution is -2.30. The Morgan fingerprint density at radius 1 is 0.247 bits per heavy atom. The molecular weight excluding hydrogens is 997 g/mol. The van der Waals surface area contributed by atoms with E-state index < -0.39 is 6.10 Å². The predicted octanol–water partition coefficient (Wildman–Crippen LogP) is 24.7. The van der Waals surface area contributed by atoms with Crippen LogP contribution in [0.15, 0.2) is 60.8 Å². The molecule has 0 aliphatic heterocycles. The zero-order valence-electron chi connectivity index (χ0n) is 54.3. The molecule has 0 saturated carbocycles. The van der Waals surface area contributed by atoms with Crippen LogP contribution >= 0.6 is 0 Å². The maximum Gasteiger partial charge on any atom is 0.306 e. The second-order valence-corrected chi connectivity index (χ2v) is 24.1. The lowest BCUT2D eigenvalue weighted by Gasteiger charge is -2.18. The molecular formula is C75H136O6. The first-order valence-electron chi connectivity index (χ1n) is 35.8. The van der Waals surface area contributed by atoms with E-state index in [9.17, 15) is 14.4 Å². The number of carbonyl (C=O) groups excluding carboxylic acids is 3. The van der Waals surface area contributed by atoms with E-state index in [0.29, 0.717) is 19.3 Å². The largest absolute Gasteiger partial charge is 0.462 e. The number of carbonyl (C=O) groups is 3. The van der Waals surface area contributed by atoms with E-state index in [1.54, 1.807) is 0 Å². The monoisotopic (exact) mass is 1130 g/mol. The van der Waals surface area contributed by atoms with Crippen molar-refractivity contribution >= 4 is 17.9 Å². The van der Waals surface area contributed by atoms with Gasteiger partial charge in [0.1, 0.15) is 13.2 Å². The molecule has 0 bridgehead atoms. The summed E-state index contributed by atoms with van der Waals surface area (Å²) in [6, 6.07) is 0. The van der Waals surface area contributed by atoms with Gasteiger partial charge in [0.2, 0.25) is 0 Å². The van der Waals surface area contributed by atoms with Crippen LogP contribution in [-0.2, 0) is 28.6 Å². The molecule has 0 heterocycles. The van der Waals surface area contributed by atoms with Crippen molar-refractivity contribution in [3.05, 3.63) is 60.8 Å². The van der Waals surface area contributed by atoms with Gasteiger partial charge in [0, 0.05) is 19.3 Å². The van der Waals surface area contributed by atoms with Crippen LogP contribution in [0.1, 0.15) is 380 Å². The highest BCUT2D eigenvalue weighted by atomic mass is 16.6. The lowest BCUT2D eigenvalue weighted by molar-refractivity contribution is -0.167. The topological polar surface area (TPSA) is 78.9 Å². The van der Waals surface area contributed by atoms with Crippen molar-refractivity contribution in [2.45, 2.75) is 386 Å². The highest BCUT2D eigenvalue weighted by Crippen LogP contribution is 2.18. The Morgan fingerprint density at radius 2 is 0.457 bits per heavy atom. The summed E-state index contributed by atoms with van der Waals surface area (Å²) in [4.78, 5) is 38.4. The minimum atomic E-state index is -0.778. The quantitative estimate of drug-likeness (QED) is 0.0261. The van der Waals surface area contributed by atoms with Crippen molar-refractivity contribution in [2.75, 3.05) is 13.2 Å². The molecule has 1 atom stereocenters. The van der Waals surface area contributed by atoms with Gasteiger partial charge in [0.05, 0.1) is 0 Å². The van der Waals surface area contributed by atoms with Crippen LogP contribution in [0.2, 0.25) is 0 Å². The van der Waals surface area contributed by atoms with Gasteiger partial charge in [-0.05, 0) is 103 Å². The molecule has 81 heavy (non-hydrogen) atoms. The summed E-state index contributed by atoms with van der Waals surface area (Å²) in [5.41, 5.74) is 0. The normalized spacial score (nSPS) is 12.4. The summed E-state index contributed by atoms with van der Waals surface area (Å²) in [5.74, 6) is -0.865. The van der Waals surface area contributed by atoms with Gasteiger partial charge in [-0.2, -0.15) is 0 Å². The van der Waals surface area contributed by atoms with Gasteiger partial charge in [-0.1, -0.05) is 319 Å². The predicted molar refractivity (Wildman–Crippen MR) is 353 cm³/mol. The Labute approximate surface area is 504 Å². The molecule has 0 aromatic heterocycles. The molecule has 0 aromatic carbocycles. The fourth-order valence-electron chi connectivity index (χ4n) is 10.5. The summed E-state index contributed by atoms with van der Waals surface area (Å²) in [7, 11) is 0. The smallest absolute Gasteiger partial charge is 0.306 e. The van der Waals surface area contributed by atoms with Crippen LogP contribution in [0.4, 0.5) is 0 Å². The van der Waals surface area contributed by atoms with Crippen LogP contribution in [0.25, 0.3) is 0 Å². The van der Waals surface area contributed by atoms with Crippen molar-refractivity contribution in [2.24, 2.45) is 0 Å². The fraction of sp³-hybridized carbons (Fsp3) is 0.827. The van der Waals surface area contributed by atoms with Gasteiger partial charge in [-0.3, -0.25) is 14.4 Å². The SMILES string of the molecule is CCCC/C=C\CCCCCCCC(=O)OCC(COC(=O)CCCCCCCCCCCCCCCCCCC/C=C\C/C=C\CCCCCCC)OC(=O)CCCCCCCCCCCCC/C=C\C/C=C\CCCCCCC. The summed E-state index contributed by atoms with van der Waals surface area (Å²) in [6.07, 6.45) is 89.7. The molecule has 0 aliphatic carbocycles. The average molecular weight is 1130 g/mol. The van der Waals surface area contributed by atoms with Crippen molar-refractivity contribution in [1.82, 2.24) is 0 Å². The number of esters is 3. The van der Waals surface area contributed by atoms with E-state index in [1.807, 2.05) is 0 Å². The summed E-state index contributed by atoms with van der Waals surface area (Å²) in [5, 5.41) is 0. The molecule has 6 heteroatoms. The molecule has 472 valence electrons. The lowest BCUT2D eigenvalue weighted by atomic mass is 10.0. The molecule has 0 amide bonds. The van der Waals surface area contributed by atoms with Crippen LogP contribution in [-0.4, -0.2) is 37.2 Å². The minimum Gasteiger partial charge on any atom is -0.462 e. The molecule has 0 N–H and O–H groups in total. The second kappa shape index (κ2) is 69.6. The highest BCUT2D eigenvalue weighted by molar-refractivity contribution is 5.71. The number of ether oxygens (including phenoxy) is 3. The number of hydrogen-bond donors (Lipinski definition) is 0. The second-order valence-electron chi connectivity index (χ2n) is 24.1. The molecule has 6 nitrogen and oxygen atoms in total. The fourth-order valence-corrected chi connectivity index (χ4v) is 10.5. The van der Waals surface area contributed by atoms with Crippen molar-refractivity contribution in [3.8, 4) is 0 Å². The van der Waals surface area contributed by atoms with Crippen molar-refractivity contribution in [3.63, 3.8) is 0 Å². The maximum atomic E-state index is 12.9. The molecule has 0 aliphatic rings. The molecule has 1 unspecified atom stereocenters. The van der Waals surface area contributed by atoms with Crippen LogP contribution < -0.4 is 0 Å². The highest BCUT2D eigenvalue weighted by Gasteiger charge is 2.19. The molecule has 0 saturated heterocycles. The first-order chi connectivity index (χ1) is 40.0. The first kappa shape index (κ1) is 78.1. The van der Waals surface area contributed by atoms with Gasteiger partial charge in [-0.15, -0.1) is 0 Å². The molecule has 0 rings (SSSR count). The van der Waals surface area contributed by atoms with Gasteiger partial charge >= 0.3 is 17.9 Å². The average Bonchev–Trinajstić information content (AvgIpc) is 3.47. The summed E-state index contributed by atoms with van der Waals surface area (Å²) >= 11 is 0. The molecule has 0 spiro atoms. The number of allylic oxidation sites excluding steroid dienone is 10. The molecule has 0 fully saturated rings. The van der Waals surface area contributed by atoms with E-state index in [4.69, 9.17) is 14.2 Å². The van der Waals surface area contributed by atoms with Gasteiger partial charge in [-0.25, -0.2) is 0 Å². The Hall–Kier alpha value is -2.89. The first-order valence-corrected chi connectivity index (χ1v) is 35.8. The minimum absolute atomic E-state index is 0.0741. The third-order valence-corrected chi connectivity index (χ3v) is 16.0. The maximum absolute atomic E-state index is 12.9. The molecule has 0 radical (unpaired) electrons. The van der Waals surface area contributed by atoms with Gasteiger partial charge in [0.25, 0.3) is 0 Å². The third kappa shape index (κ3) is 67.8. The van der Waals surface area contributed by atoms with E-state index in [2.05, 4.69) is 81.5 Å². The van der Waals surface area contributed by atoms with E-state index in [0.717, 1.165) is 77.0 Å². The van der Waals surface area contributed by atoms with Crippen molar-refractivity contribution < 1.29 is 28.6 Å². The standard InChI is InChI=1S/C75H136O6/c1-4-7-10-13-16-19-22-24-26-28-30-32-34-35-36-37-38-39-41-42-44-46-48-50-53-56-59-62-65-68-74(77)80-71-72(70-79-73(76)67-64-61-58-55-52-21-18-15-12-9-6-3)81-75(78)69-66-63-60-57-54-51-49-47-45-43-40-33-31-29-27-25-23-20-17-14-11-8-5-2/h15,18,22-25,28-31,72H,4-14,16-17,19-21,26-27,32-71H2,1-3H3/b18-15-,24-22-,25-23-,30-28-,31-29-. The van der Waals surface area contributed by atoms with Crippen LogP contribution in [0, 0.1) is 0 Å². The summed E-state index contributed by atoms with van der Waals surface area (Å²) < 4.78 is 17.0. The zero-order valence-corrected chi connectivity index (χ0v) is 54.3. The van der Waals surface area contributed by atoms with Crippen LogP contribution in [0.5, 0.6) is 0 Å². The van der Waals surface area contributed by atoms with Gasteiger partial charge in [0.15, 0.2) is 6.10 Å². The Balaban J connectivity index is 4.17. The number of unbranched alkanes of at least 4 members (excludes halogenated alkanes) is 45. The van der Waals surface area contributed by atoms with E-state index in [1.165, 1.54) is 263 Å². The Bertz CT molecular complexity index is 1440. The third-order valence-electron chi connectivity index (χ3n) is 16.0. The number of hydrogen-bond acceptors (Lipinski definition) is 6. The summed E-state index contributed by atoms with van der Waals surface area (Å²) in [6.45, 7) is 6.63. The number of rotatable bonds is 66. The van der Waals surface area contributed by atoms with Crippen molar-refractivity contribution in [1.29, 1.82) is 0 Å².